The van der Waals surface area contributed by atoms with Crippen LogP contribution < -0.4 is 0 Å². The van der Waals surface area contributed by atoms with Gasteiger partial charge in [-0.05, 0) is 36.3 Å². The van der Waals surface area contributed by atoms with E-state index in [1.54, 1.807) is 12.7 Å². The topological polar surface area (TPSA) is 54.5 Å². The summed E-state index contributed by atoms with van der Waals surface area (Å²) in [5.74, 6) is 0.259. The fourth-order valence-corrected chi connectivity index (χ4v) is 4.28. The molecule has 124 valence electrons. The van der Waals surface area contributed by atoms with Gasteiger partial charge in [0.2, 0.25) is 0 Å². The molecule has 1 fully saturated rings. The number of rotatable bonds is 4. The molecule has 0 aliphatic heterocycles. The molecule has 0 spiro atoms. The van der Waals surface area contributed by atoms with Gasteiger partial charge in [-0.15, -0.1) is 10.2 Å². The van der Waals surface area contributed by atoms with Crippen LogP contribution in [0.1, 0.15) is 36.4 Å². The summed E-state index contributed by atoms with van der Waals surface area (Å²) in [5, 5.41) is 18.3. The molecule has 0 N–H and O–H groups in total. The molecule has 2 aromatic carbocycles. The molecule has 0 saturated heterocycles. The molecule has 3 aromatic rings. The fourth-order valence-electron chi connectivity index (χ4n) is 4.28. The molecule has 4 rings (SSSR count). The van der Waals surface area contributed by atoms with Crippen molar-refractivity contribution in [2.45, 2.75) is 30.7 Å². The molecule has 0 bridgehead atoms. The third kappa shape index (κ3) is 2.62. The normalized spacial score (nSPS) is 20.3. The van der Waals surface area contributed by atoms with Gasteiger partial charge in [0.05, 0.1) is 6.07 Å². The summed E-state index contributed by atoms with van der Waals surface area (Å²) in [7, 11) is 0. The Bertz CT molecular complexity index is 810. The maximum Gasteiger partial charge on any atom is 0.119 e. The third-order valence-corrected chi connectivity index (χ3v) is 5.51. The van der Waals surface area contributed by atoms with E-state index in [0.717, 1.165) is 30.4 Å². The molecular weight excluding hydrogens is 308 g/mol. The van der Waals surface area contributed by atoms with Crippen LogP contribution in [0.25, 0.3) is 0 Å². The highest BCUT2D eigenvalue weighted by Crippen LogP contribution is 2.49. The van der Waals surface area contributed by atoms with Gasteiger partial charge >= 0.3 is 0 Å². The maximum atomic E-state index is 10.4. The molecule has 1 heterocycles. The van der Waals surface area contributed by atoms with E-state index >= 15 is 0 Å². The van der Waals surface area contributed by atoms with E-state index in [4.69, 9.17) is 0 Å². The lowest BCUT2D eigenvalue weighted by Gasteiger charge is -2.34. The molecule has 4 heteroatoms. The van der Waals surface area contributed by atoms with Crippen molar-refractivity contribution in [2.24, 2.45) is 5.92 Å². The second-order valence-corrected chi connectivity index (χ2v) is 6.72. The van der Waals surface area contributed by atoms with Crippen LogP contribution >= 0.6 is 0 Å². The van der Waals surface area contributed by atoms with Crippen molar-refractivity contribution in [2.75, 3.05) is 0 Å². The highest BCUT2D eigenvalue weighted by atomic mass is 15.2. The Labute approximate surface area is 147 Å². The number of hydrogen-bond acceptors (Lipinski definition) is 3. The molecule has 1 aliphatic carbocycles. The molecule has 0 unspecified atom stereocenters. The van der Waals surface area contributed by atoms with E-state index in [1.165, 1.54) is 0 Å². The fraction of sp³-hybridized carbons (Fsp3) is 0.286. The van der Waals surface area contributed by atoms with Crippen LogP contribution in [0.3, 0.4) is 0 Å². The van der Waals surface area contributed by atoms with Gasteiger partial charge in [-0.2, -0.15) is 5.26 Å². The maximum absolute atomic E-state index is 10.4. The van der Waals surface area contributed by atoms with Gasteiger partial charge < -0.3 is 4.57 Å². The Morgan fingerprint density at radius 3 is 1.96 bits per heavy atom. The molecular formula is C21H20N4. The minimum absolute atomic E-state index is 0.259. The Balaban J connectivity index is 1.78. The molecule has 1 aromatic heterocycles. The van der Waals surface area contributed by atoms with Gasteiger partial charge in [0.1, 0.15) is 18.1 Å². The number of hydrogen-bond donors (Lipinski definition) is 0. The lowest BCUT2D eigenvalue weighted by Crippen LogP contribution is -2.34. The average Bonchev–Trinajstić information content (AvgIpc) is 3.37. The summed E-state index contributed by atoms with van der Waals surface area (Å²) in [5.41, 5.74) is 1.54. The highest BCUT2D eigenvalue weighted by Gasteiger charge is 2.46. The van der Waals surface area contributed by atoms with Gasteiger partial charge in [0.15, 0.2) is 0 Å². The van der Waals surface area contributed by atoms with Crippen molar-refractivity contribution < 1.29 is 0 Å². The lowest BCUT2D eigenvalue weighted by atomic mass is 9.66. The SMILES string of the molecule is N#CC(c1ccccc1)(c1ccccc1)[C@H]1CC[C@@H](n2cnnc2)C1. The van der Waals surface area contributed by atoms with E-state index < -0.39 is 5.41 Å². The van der Waals surface area contributed by atoms with Gasteiger partial charge in [-0.1, -0.05) is 60.7 Å². The molecule has 0 radical (unpaired) electrons. The predicted octanol–water partition coefficient (Wildman–Crippen LogP) is 4.13. The second kappa shape index (κ2) is 6.52. The highest BCUT2D eigenvalue weighted by molar-refractivity contribution is 5.47. The lowest BCUT2D eigenvalue weighted by molar-refractivity contribution is 0.381. The number of nitriles is 1. The van der Waals surface area contributed by atoms with Crippen molar-refractivity contribution in [3.8, 4) is 6.07 Å². The summed E-state index contributed by atoms with van der Waals surface area (Å²) >= 11 is 0. The van der Waals surface area contributed by atoms with Crippen LogP contribution in [0.15, 0.2) is 73.3 Å². The Morgan fingerprint density at radius 2 is 1.44 bits per heavy atom. The predicted molar refractivity (Wildman–Crippen MR) is 95.7 cm³/mol. The first kappa shape index (κ1) is 15.6. The van der Waals surface area contributed by atoms with Gasteiger partial charge in [0, 0.05) is 6.04 Å². The van der Waals surface area contributed by atoms with Crippen LogP contribution in [0.4, 0.5) is 0 Å². The Kier molecular flexibility index (Phi) is 4.07. The van der Waals surface area contributed by atoms with Gasteiger partial charge in [-0.25, -0.2) is 0 Å². The minimum Gasteiger partial charge on any atom is -0.317 e. The summed E-state index contributed by atoms with van der Waals surface area (Å²) < 4.78 is 2.08. The van der Waals surface area contributed by atoms with E-state index in [9.17, 15) is 5.26 Å². The average molecular weight is 328 g/mol. The Morgan fingerprint density at radius 1 is 0.880 bits per heavy atom. The zero-order valence-corrected chi connectivity index (χ0v) is 14.0. The zero-order chi connectivity index (χ0) is 17.1. The van der Waals surface area contributed by atoms with E-state index in [-0.39, 0.29) is 5.92 Å². The van der Waals surface area contributed by atoms with Crippen LogP contribution in [0.2, 0.25) is 0 Å². The molecule has 25 heavy (non-hydrogen) atoms. The minimum atomic E-state index is -0.620. The van der Waals surface area contributed by atoms with Crippen LogP contribution in [-0.4, -0.2) is 14.8 Å². The zero-order valence-electron chi connectivity index (χ0n) is 14.0. The third-order valence-electron chi connectivity index (χ3n) is 5.51. The molecule has 1 aliphatic rings. The Hall–Kier alpha value is -2.93. The largest absolute Gasteiger partial charge is 0.317 e. The van der Waals surface area contributed by atoms with Gasteiger partial charge in [0.25, 0.3) is 0 Å². The number of nitrogens with zero attached hydrogens (tertiary/aromatic N) is 4. The number of benzene rings is 2. The van der Waals surface area contributed by atoms with E-state index in [2.05, 4.69) is 45.1 Å². The monoisotopic (exact) mass is 328 g/mol. The summed E-state index contributed by atoms with van der Waals surface area (Å²) in [6, 6.07) is 23.5. The van der Waals surface area contributed by atoms with Crippen molar-refractivity contribution in [3.63, 3.8) is 0 Å². The van der Waals surface area contributed by atoms with Crippen molar-refractivity contribution in [1.29, 1.82) is 5.26 Å². The summed E-state index contributed by atoms with van der Waals surface area (Å²) in [4.78, 5) is 0. The first-order valence-electron chi connectivity index (χ1n) is 8.71. The van der Waals surface area contributed by atoms with E-state index in [1.807, 2.05) is 36.4 Å². The molecule has 4 nitrogen and oxygen atoms in total. The van der Waals surface area contributed by atoms with Crippen molar-refractivity contribution in [3.05, 3.63) is 84.4 Å². The van der Waals surface area contributed by atoms with Crippen molar-refractivity contribution >= 4 is 0 Å². The first-order valence-corrected chi connectivity index (χ1v) is 8.71. The van der Waals surface area contributed by atoms with Crippen LogP contribution in [-0.2, 0) is 5.41 Å². The standard InChI is InChI=1S/C21H20N4/c22-14-21(17-7-3-1-4-8-17,18-9-5-2-6-10-18)19-11-12-20(13-19)25-15-23-24-16-25/h1-10,15-16,19-20H,11-13H2/t19-,20+/m0/s1. The smallest absolute Gasteiger partial charge is 0.119 e. The quantitative estimate of drug-likeness (QED) is 0.723. The first-order chi connectivity index (χ1) is 12.3. The van der Waals surface area contributed by atoms with Crippen LogP contribution in [0.5, 0.6) is 0 Å². The van der Waals surface area contributed by atoms with Gasteiger partial charge in [-0.3, -0.25) is 0 Å². The molecule has 2 atom stereocenters. The number of aromatic nitrogens is 3. The summed E-state index contributed by atoms with van der Waals surface area (Å²) in [6.45, 7) is 0. The summed E-state index contributed by atoms with van der Waals surface area (Å²) in [6.07, 6.45) is 6.58. The second-order valence-electron chi connectivity index (χ2n) is 6.72. The van der Waals surface area contributed by atoms with Crippen LogP contribution in [0, 0.1) is 17.2 Å². The van der Waals surface area contributed by atoms with E-state index in [0.29, 0.717) is 6.04 Å². The molecule has 0 amide bonds. The molecule has 1 saturated carbocycles. The van der Waals surface area contributed by atoms with Crippen molar-refractivity contribution in [1.82, 2.24) is 14.8 Å².